The fourth-order valence-corrected chi connectivity index (χ4v) is 2.91. The third-order valence-corrected chi connectivity index (χ3v) is 4.15. The summed E-state index contributed by atoms with van der Waals surface area (Å²) in [6.07, 6.45) is 15.0. The molecule has 2 heterocycles. The molecule has 0 aliphatic heterocycles. The highest BCUT2D eigenvalue weighted by Gasteiger charge is 2.16. The van der Waals surface area contributed by atoms with Crippen LogP contribution in [0.3, 0.4) is 0 Å². The molecule has 0 saturated carbocycles. The number of nitrogens with zero attached hydrogens (tertiary/aromatic N) is 4. The second kappa shape index (κ2) is 8.75. The molecule has 0 bridgehead atoms. The molecule has 1 unspecified atom stereocenters. The Labute approximate surface area is 128 Å². The Morgan fingerprint density at radius 1 is 0.952 bits per heavy atom. The molecule has 0 N–H and O–H groups in total. The van der Waals surface area contributed by atoms with Gasteiger partial charge in [0.05, 0.1) is 6.20 Å². The summed E-state index contributed by atoms with van der Waals surface area (Å²) < 4.78 is 1.93. The third kappa shape index (κ3) is 4.51. The molecule has 0 aliphatic rings. The molecule has 116 valence electrons. The van der Waals surface area contributed by atoms with Crippen LogP contribution in [0.15, 0.2) is 18.6 Å². The highest BCUT2D eigenvalue weighted by atomic mass is 15.3. The van der Waals surface area contributed by atoms with Crippen LogP contribution in [0, 0.1) is 0 Å². The van der Waals surface area contributed by atoms with E-state index in [9.17, 15) is 0 Å². The van der Waals surface area contributed by atoms with Crippen LogP contribution in [0.25, 0.3) is 5.65 Å². The standard InChI is InChI=1S/C17H28N4/c1-3-5-7-9-11-15(10-8-6-4-2)17-19-14-18-16-12-13-20-21(16)17/h12-15H,3-11H2,1-2H3. The van der Waals surface area contributed by atoms with Crippen LogP contribution >= 0.6 is 0 Å². The molecule has 4 nitrogen and oxygen atoms in total. The van der Waals surface area contributed by atoms with E-state index in [4.69, 9.17) is 0 Å². The zero-order valence-electron chi connectivity index (χ0n) is 13.5. The van der Waals surface area contributed by atoms with Gasteiger partial charge in [-0.3, -0.25) is 0 Å². The lowest BCUT2D eigenvalue weighted by atomic mass is 9.94. The first kappa shape index (κ1) is 15.9. The Bertz CT molecular complexity index is 520. The number of hydrogen-bond donors (Lipinski definition) is 0. The van der Waals surface area contributed by atoms with Crippen molar-refractivity contribution in [2.24, 2.45) is 0 Å². The van der Waals surface area contributed by atoms with Gasteiger partial charge in [-0.1, -0.05) is 58.8 Å². The minimum atomic E-state index is 0.513. The maximum atomic E-state index is 4.55. The summed E-state index contributed by atoms with van der Waals surface area (Å²) in [6.45, 7) is 4.52. The monoisotopic (exact) mass is 288 g/mol. The van der Waals surface area contributed by atoms with Crippen LogP contribution < -0.4 is 0 Å². The molecule has 4 heteroatoms. The fourth-order valence-electron chi connectivity index (χ4n) is 2.91. The lowest BCUT2D eigenvalue weighted by Crippen LogP contribution is -2.10. The van der Waals surface area contributed by atoms with Gasteiger partial charge in [-0.05, 0) is 12.8 Å². The Morgan fingerprint density at radius 2 is 1.67 bits per heavy atom. The van der Waals surface area contributed by atoms with Crippen LogP contribution in [-0.2, 0) is 0 Å². The van der Waals surface area contributed by atoms with Gasteiger partial charge in [0.25, 0.3) is 0 Å². The first-order chi connectivity index (χ1) is 10.4. The Kier molecular flexibility index (Phi) is 6.64. The van der Waals surface area contributed by atoms with Crippen LogP contribution in [-0.4, -0.2) is 19.6 Å². The average Bonchev–Trinajstić information content (AvgIpc) is 2.98. The second-order valence-corrected chi connectivity index (χ2v) is 5.88. The van der Waals surface area contributed by atoms with Gasteiger partial charge in [0.1, 0.15) is 12.2 Å². The van der Waals surface area contributed by atoms with Crippen LogP contribution in [0.1, 0.15) is 83.4 Å². The average molecular weight is 288 g/mol. The van der Waals surface area contributed by atoms with Crippen LogP contribution in [0.2, 0.25) is 0 Å². The van der Waals surface area contributed by atoms with Gasteiger partial charge in [0.2, 0.25) is 0 Å². The Morgan fingerprint density at radius 3 is 2.43 bits per heavy atom. The number of rotatable bonds is 10. The largest absolute Gasteiger partial charge is 0.221 e. The van der Waals surface area contributed by atoms with Crippen LogP contribution in [0.4, 0.5) is 0 Å². The Hall–Kier alpha value is -1.45. The first-order valence-electron chi connectivity index (χ1n) is 8.51. The van der Waals surface area contributed by atoms with Gasteiger partial charge in [0.15, 0.2) is 5.65 Å². The number of hydrogen-bond acceptors (Lipinski definition) is 3. The van der Waals surface area contributed by atoms with Crippen molar-refractivity contribution in [3.63, 3.8) is 0 Å². The molecular weight excluding hydrogens is 260 g/mol. The minimum absolute atomic E-state index is 0.513. The topological polar surface area (TPSA) is 43.1 Å². The van der Waals surface area contributed by atoms with Crippen molar-refractivity contribution in [1.29, 1.82) is 0 Å². The molecule has 0 radical (unpaired) electrons. The van der Waals surface area contributed by atoms with Crippen molar-refractivity contribution in [2.75, 3.05) is 0 Å². The highest BCUT2D eigenvalue weighted by Crippen LogP contribution is 2.27. The number of fused-ring (bicyclic) bond motifs is 1. The number of aromatic nitrogens is 4. The van der Waals surface area contributed by atoms with Crippen LogP contribution in [0.5, 0.6) is 0 Å². The third-order valence-electron chi connectivity index (χ3n) is 4.15. The molecule has 0 aliphatic carbocycles. The number of unbranched alkanes of at least 4 members (excludes halogenated alkanes) is 5. The summed E-state index contributed by atoms with van der Waals surface area (Å²) in [5, 5.41) is 4.40. The zero-order chi connectivity index (χ0) is 14.9. The summed E-state index contributed by atoms with van der Waals surface area (Å²) in [7, 11) is 0. The van der Waals surface area contributed by atoms with Crippen molar-refractivity contribution in [3.05, 3.63) is 24.4 Å². The summed E-state index contributed by atoms with van der Waals surface area (Å²) in [5.41, 5.74) is 0.911. The van der Waals surface area contributed by atoms with Crippen molar-refractivity contribution in [1.82, 2.24) is 19.6 Å². The van der Waals surface area contributed by atoms with E-state index in [0.717, 1.165) is 11.5 Å². The first-order valence-corrected chi connectivity index (χ1v) is 8.51. The smallest absolute Gasteiger partial charge is 0.158 e. The lowest BCUT2D eigenvalue weighted by Gasteiger charge is -2.17. The van der Waals surface area contributed by atoms with Crippen molar-refractivity contribution in [2.45, 2.75) is 77.6 Å². The van der Waals surface area contributed by atoms with Gasteiger partial charge in [0, 0.05) is 12.0 Å². The zero-order valence-corrected chi connectivity index (χ0v) is 13.5. The van der Waals surface area contributed by atoms with Gasteiger partial charge < -0.3 is 0 Å². The van der Waals surface area contributed by atoms with E-state index >= 15 is 0 Å². The highest BCUT2D eigenvalue weighted by molar-refractivity contribution is 5.35. The summed E-state index contributed by atoms with van der Waals surface area (Å²) >= 11 is 0. The molecule has 21 heavy (non-hydrogen) atoms. The van der Waals surface area contributed by atoms with E-state index in [1.54, 1.807) is 6.33 Å². The molecule has 0 saturated heterocycles. The molecule has 0 fully saturated rings. The summed E-state index contributed by atoms with van der Waals surface area (Å²) in [5.74, 6) is 1.61. The van der Waals surface area contributed by atoms with E-state index in [1.165, 1.54) is 57.8 Å². The van der Waals surface area contributed by atoms with E-state index in [2.05, 4.69) is 28.9 Å². The van der Waals surface area contributed by atoms with E-state index in [-0.39, 0.29) is 0 Å². The SMILES string of the molecule is CCCCCCC(CCCCC)c1ncnc2ccnn12. The summed E-state index contributed by atoms with van der Waals surface area (Å²) in [4.78, 5) is 8.83. The van der Waals surface area contributed by atoms with Crippen molar-refractivity contribution >= 4 is 5.65 Å². The normalized spacial score (nSPS) is 12.9. The Balaban J connectivity index is 2.07. The molecule has 0 spiro atoms. The molecule has 1 atom stereocenters. The van der Waals surface area contributed by atoms with E-state index in [1.807, 2.05) is 16.8 Å². The molecule has 0 aromatic carbocycles. The molecule has 2 aromatic heterocycles. The molecular formula is C17H28N4. The minimum Gasteiger partial charge on any atom is -0.221 e. The maximum absolute atomic E-state index is 4.55. The molecule has 2 aromatic rings. The van der Waals surface area contributed by atoms with E-state index < -0.39 is 0 Å². The quantitative estimate of drug-likeness (QED) is 0.592. The summed E-state index contributed by atoms with van der Waals surface area (Å²) in [6, 6.07) is 1.95. The maximum Gasteiger partial charge on any atom is 0.158 e. The van der Waals surface area contributed by atoms with E-state index in [0.29, 0.717) is 5.92 Å². The van der Waals surface area contributed by atoms with Gasteiger partial charge in [-0.2, -0.15) is 5.10 Å². The van der Waals surface area contributed by atoms with Gasteiger partial charge >= 0.3 is 0 Å². The second-order valence-electron chi connectivity index (χ2n) is 5.88. The van der Waals surface area contributed by atoms with Crippen molar-refractivity contribution < 1.29 is 0 Å². The van der Waals surface area contributed by atoms with Crippen molar-refractivity contribution in [3.8, 4) is 0 Å². The van der Waals surface area contributed by atoms with Gasteiger partial charge in [-0.15, -0.1) is 0 Å². The predicted molar refractivity (Wildman–Crippen MR) is 86.4 cm³/mol. The lowest BCUT2D eigenvalue weighted by molar-refractivity contribution is 0.473. The van der Waals surface area contributed by atoms with Gasteiger partial charge in [-0.25, -0.2) is 14.5 Å². The predicted octanol–water partition coefficient (Wildman–Crippen LogP) is 4.76. The molecule has 0 amide bonds. The fraction of sp³-hybridized carbons (Fsp3) is 0.706. The molecule has 2 rings (SSSR count).